The van der Waals surface area contributed by atoms with Gasteiger partial charge < -0.3 is 14.9 Å². The average Bonchev–Trinajstić information content (AvgIpc) is 2.99. The van der Waals surface area contributed by atoms with Crippen LogP contribution in [-0.4, -0.2) is 57.6 Å². The molecule has 0 bridgehead atoms. The lowest BCUT2D eigenvalue weighted by Gasteiger charge is -2.30. The summed E-state index contributed by atoms with van der Waals surface area (Å²) in [6.45, 7) is 0. The van der Waals surface area contributed by atoms with Crippen molar-refractivity contribution in [3.05, 3.63) is 23.8 Å². The highest BCUT2D eigenvalue weighted by Gasteiger charge is 2.21. The topological polar surface area (TPSA) is 43.8 Å². The van der Waals surface area contributed by atoms with Crippen LogP contribution in [0, 0.1) is 0 Å². The number of aromatic carboxylic acids is 1. The minimum atomic E-state index is -0.854. The van der Waals surface area contributed by atoms with Crippen LogP contribution in [0.2, 0.25) is 0 Å². The molecular formula is C15H20N2O2S4. The second-order valence-electron chi connectivity index (χ2n) is 5.24. The number of carboxylic acids is 1. The Balaban J connectivity index is 1.94. The van der Waals surface area contributed by atoms with Crippen molar-refractivity contribution >= 4 is 64.4 Å². The molecule has 23 heavy (non-hydrogen) atoms. The van der Waals surface area contributed by atoms with Gasteiger partial charge in [-0.25, -0.2) is 4.79 Å². The van der Waals surface area contributed by atoms with Crippen LogP contribution in [0.3, 0.4) is 0 Å². The van der Waals surface area contributed by atoms with Crippen LogP contribution in [0.15, 0.2) is 18.2 Å². The molecular weight excluding hydrogens is 368 g/mol. The molecule has 0 aromatic heterocycles. The summed E-state index contributed by atoms with van der Waals surface area (Å²) in [6.07, 6.45) is 0. The van der Waals surface area contributed by atoms with E-state index < -0.39 is 5.97 Å². The Hall–Kier alpha value is -0.310. The molecule has 0 spiro atoms. The zero-order chi connectivity index (χ0) is 16.1. The van der Waals surface area contributed by atoms with Gasteiger partial charge in [0.15, 0.2) is 0 Å². The normalized spacial score (nSPS) is 20.0. The molecule has 1 aromatic carbocycles. The predicted octanol–water partition coefficient (Wildman–Crippen LogP) is 3.79. The SMILES string of the molecule is O=C(O)c1ccc(N2CSCCSC2)c(N2CSCCSC2)c1. The van der Waals surface area contributed by atoms with Crippen LogP contribution >= 0.6 is 47.0 Å². The van der Waals surface area contributed by atoms with Crippen molar-refractivity contribution in [3.8, 4) is 0 Å². The third-order valence-electron chi connectivity index (χ3n) is 3.64. The Morgan fingerprint density at radius 1 is 0.826 bits per heavy atom. The van der Waals surface area contributed by atoms with Gasteiger partial charge in [-0.1, -0.05) is 0 Å². The van der Waals surface area contributed by atoms with Gasteiger partial charge in [-0.3, -0.25) is 0 Å². The molecule has 2 saturated heterocycles. The quantitative estimate of drug-likeness (QED) is 0.839. The fourth-order valence-corrected chi connectivity index (χ4v) is 6.90. The van der Waals surface area contributed by atoms with Gasteiger partial charge in [-0.15, -0.1) is 47.0 Å². The first-order chi connectivity index (χ1) is 11.3. The molecule has 3 rings (SSSR count). The number of anilines is 2. The molecule has 0 saturated carbocycles. The van der Waals surface area contributed by atoms with E-state index in [2.05, 4.69) is 9.80 Å². The van der Waals surface area contributed by atoms with Gasteiger partial charge in [0, 0.05) is 23.0 Å². The van der Waals surface area contributed by atoms with Crippen LogP contribution in [0.25, 0.3) is 0 Å². The van der Waals surface area contributed by atoms with Crippen molar-refractivity contribution in [2.45, 2.75) is 0 Å². The Bertz CT molecular complexity index is 542. The van der Waals surface area contributed by atoms with Crippen molar-refractivity contribution in [1.82, 2.24) is 0 Å². The molecule has 0 atom stereocenters. The van der Waals surface area contributed by atoms with E-state index in [1.165, 1.54) is 17.2 Å². The third-order valence-corrected chi connectivity index (χ3v) is 8.10. The second kappa shape index (κ2) is 8.69. The molecule has 2 aliphatic rings. The third kappa shape index (κ3) is 4.61. The smallest absolute Gasteiger partial charge is 0.335 e. The van der Waals surface area contributed by atoms with E-state index in [4.69, 9.17) is 0 Å². The van der Waals surface area contributed by atoms with E-state index in [0.29, 0.717) is 5.56 Å². The number of carbonyl (C=O) groups is 1. The van der Waals surface area contributed by atoms with Gasteiger partial charge in [0.05, 0.1) is 40.4 Å². The van der Waals surface area contributed by atoms with Gasteiger partial charge in [0.2, 0.25) is 0 Å². The number of hydrogen-bond acceptors (Lipinski definition) is 7. The molecule has 126 valence electrons. The molecule has 2 heterocycles. The second-order valence-corrected chi connectivity index (χ2v) is 9.54. The number of thioether (sulfide) groups is 4. The maximum Gasteiger partial charge on any atom is 0.335 e. The minimum Gasteiger partial charge on any atom is -0.478 e. The standard InChI is InChI=1S/C15H20N2O2S4/c18-15(19)12-1-2-13(16-8-20-3-4-21-9-16)14(7-12)17-10-22-5-6-23-11-17/h1-2,7H,3-6,8-11H2,(H,18,19). The largest absolute Gasteiger partial charge is 0.478 e. The highest BCUT2D eigenvalue weighted by atomic mass is 32.2. The molecule has 2 fully saturated rings. The van der Waals surface area contributed by atoms with Gasteiger partial charge in [-0.2, -0.15) is 0 Å². The maximum absolute atomic E-state index is 11.4. The summed E-state index contributed by atoms with van der Waals surface area (Å²) >= 11 is 7.74. The van der Waals surface area contributed by atoms with E-state index in [9.17, 15) is 9.90 Å². The Labute approximate surface area is 154 Å². The number of nitrogens with zero attached hydrogens (tertiary/aromatic N) is 2. The molecule has 0 amide bonds. The van der Waals surface area contributed by atoms with Crippen molar-refractivity contribution < 1.29 is 9.90 Å². The monoisotopic (exact) mass is 388 g/mol. The number of hydrogen-bond donors (Lipinski definition) is 1. The van der Waals surface area contributed by atoms with E-state index in [-0.39, 0.29) is 0 Å². The van der Waals surface area contributed by atoms with Gasteiger partial charge in [-0.05, 0) is 18.2 Å². The molecule has 1 N–H and O–H groups in total. The Morgan fingerprint density at radius 3 is 1.78 bits per heavy atom. The predicted molar refractivity (Wildman–Crippen MR) is 108 cm³/mol. The van der Waals surface area contributed by atoms with E-state index in [1.807, 2.05) is 59.2 Å². The fraction of sp³-hybridized carbons (Fsp3) is 0.533. The summed E-state index contributed by atoms with van der Waals surface area (Å²) in [7, 11) is 0. The molecule has 0 unspecified atom stereocenters. The maximum atomic E-state index is 11.4. The summed E-state index contributed by atoms with van der Waals surface area (Å²) < 4.78 is 0. The molecule has 8 heteroatoms. The van der Waals surface area contributed by atoms with Crippen LogP contribution in [0.4, 0.5) is 11.4 Å². The number of benzene rings is 1. The van der Waals surface area contributed by atoms with Gasteiger partial charge in [0.1, 0.15) is 0 Å². The molecule has 0 aliphatic carbocycles. The highest BCUT2D eigenvalue weighted by molar-refractivity contribution is 8.04. The lowest BCUT2D eigenvalue weighted by molar-refractivity contribution is 0.0697. The lowest BCUT2D eigenvalue weighted by Crippen LogP contribution is -2.27. The summed E-state index contributed by atoms with van der Waals surface area (Å²) in [5.74, 6) is 7.62. The first-order valence-electron chi connectivity index (χ1n) is 7.44. The fourth-order valence-electron chi connectivity index (χ4n) is 2.46. The first kappa shape index (κ1) is 17.5. The average molecular weight is 389 g/mol. The van der Waals surface area contributed by atoms with Crippen LogP contribution in [0.1, 0.15) is 10.4 Å². The van der Waals surface area contributed by atoms with Crippen molar-refractivity contribution in [2.24, 2.45) is 0 Å². The van der Waals surface area contributed by atoms with Crippen LogP contribution in [-0.2, 0) is 0 Å². The first-order valence-corrected chi connectivity index (χ1v) is 12.1. The summed E-state index contributed by atoms with van der Waals surface area (Å²) in [6, 6.07) is 5.58. The Kier molecular flexibility index (Phi) is 6.62. The Morgan fingerprint density at radius 2 is 1.30 bits per heavy atom. The van der Waals surface area contributed by atoms with Crippen molar-refractivity contribution in [2.75, 3.05) is 56.3 Å². The van der Waals surface area contributed by atoms with Gasteiger partial charge >= 0.3 is 5.97 Å². The molecule has 1 aromatic rings. The van der Waals surface area contributed by atoms with Crippen LogP contribution < -0.4 is 9.80 Å². The zero-order valence-corrected chi connectivity index (χ0v) is 16.0. The lowest BCUT2D eigenvalue weighted by atomic mass is 10.1. The van der Waals surface area contributed by atoms with Crippen molar-refractivity contribution in [3.63, 3.8) is 0 Å². The van der Waals surface area contributed by atoms with Crippen LogP contribution in [0.5, 0.6) is 0 Å². The van der Waals surface area contributed by atoms with E-state index in [1.54, 1.807) is 6.07 Å². The number of rotatable bonds is 3. The van der Waals surface area contributed by atoms with E-state index >= 15 is 0 Å². The highest BCUT2D eigenvalue weighted by Crippen LogP contribution is 2.36. The number of carboxylic acid groups (broad SMARTS) is 1. The summed E-state index contributed by atoms with van der Waals surface area (Å²) in [5.41, 5.74) is 2.60. The van der Waals surface area contributed by atoms with Crippen molar-refractivity contribution in [1.29, 1.82) is 0 Å². The molecule has 4 nitrogen and oxygen atoms in total. The molecule has 2 aliphatic heterocycles. The van der Waals surface area contributed by atoms with E-state index in [0.717, 1.165) is 40.7 Å². The molecule has 0 radical (unpaired) electrons. The minimum absolute atomic E-state index is 0.373. The van der Waals surface area contributed by atoms with Gasteiger partial charge in [0.25, 0.3) is 0 Å². The summed E-state index contributed by atoms with van der Waals surface area (Å²) in [4.78, 5) is 16.1. The summed E-state index contributed by atoms with van der Waals surface area (Å²) in [5, 5.41) is 9.36. The zero-order valence-electron chi connectivity index (χ0n) is 12.8.